The molecule has 24 heavy (non-hydrogen) atoms. The average molecular weight is 356 g/mol. The van der Waals surface area contributed by atoms with Crippen LogP contribution in [0.2, 0.25) is 0 Å². The Morgan fingerprint density at radius 2 is 2.17 bits per heavy atom. The molecular formula is C15H24N4O4S. The molecule has 3 rings (SSSR count). The average Bonchev–Trinajstić information content (AvgIpc) is 3.08. The van der Waals surface area contributed by atoms with E-state index in [-0.39, 0.29) is 30.0 Å². The zero-order valence-corrected chi connectivity index (χ0v) is 15.1. The standard InChI is InChI=1S/C15H24N4O4S/c1-11-16-14(7-17(11)3)24(22,23)19-6-13-4-5-18(12(2)21)8-15(13,9-19)10-20/h7,13,20H,4-6,8-10H2,1-3H3/t13-,15+/m0/s1. The van der Waals surface area contributed by atoms with E-state index in [2.05, 4.69) is 4.98 Å². The van der Waals surface area contributed by atoms with Gasteiger partial charge in [0, 0.05) is 51.8 Å². The summed E-state index contributed by atoms with van der Waals surface area (Å²) in [7, 11) is -1.94. The lowest BCUT2D eigenvalue weighted by Crippen LogP contribution is -2.52. The van der Waals surface area contributed by atoms with Crippen LogP contribution < -0.4 is 0 Å². The minimum Gasteiger partial charge on any atom is -0.396 e. The summed E-state index contributed by atoms with van der Waals surface area (Å²) in [4.78, 5) is 17.5. The Kier molecular flexibility index (Phi) is 4.21. The van der Waals surface area contributed by atoms with Crippen molar-refractivity contribution in [2.24, 2.45) is 18.4 Å². The van der Waals surface area contributed by atoms with Crippen molar-refractivity contribution in [2.75, 3.05) is 32.8 Å². The van der Waals surface area contributed by atoms with Gasteiger partial charge in [0.05, 0.1) is 6.61 Å². The van der Waals surface area contributed by atoms with Crippen LogP contribution in [0.25, 0.3) is 0 Å². The highest BCUT2D eigenvalue weighted by Gasteiger charge is 2.53. The SMILES string of the molecule is CC(=O)N1CC[C@H]2CN(S(=O)(=O)c3cn(C)c(C)n3)C[C@@]2(CO)C1. The maximum atomic E-state index is 12.9. The van der Waals surface area contributed by atoms with E-state index in [0.29, 0.717) is 31.9 Å². The molecule has 8 nitrogen and oxygen atoms in total. The van der Waals surface area contributed by atoms with Gasteiger partial charge in [-0.25, -0.2) is 13.4 Å². The lowest BCUT2D eigenvalue weighted by molar-refractivity contribution is -0.134. The van der Waals surface area contributed by atoms with E-state index in [0.717, 1.165) is 0 Å². The van der Waals surface area contributed by atoms with Gasteiger partial charge in [0.15, 0.2) is 5.03 Å². The summed E-state index contributed by atoms with van der Waals surface area (Å²) >= 11 is 0. The van der Waals surface area contributed by atoms with E-state index < -0.39 is 15.4 Å². The Hall–Kier alpha value is -1.45. The number of aromatic nitrogens is 2. The molecule has 2 saturated heterocycles. The van der Waals surface area contributed by atoms with Crippen molar-refractivity contribution in [3.8, 4) is 0 Å². The highest BCUT2D eigenvalue weighted by atomic mass is 32.2. The number of sulfonamides is 1. The van der Waals surface area contributed by atoms with Crippen molar-refractivity contribution in [3.63, 3.8) is 0 Å². The molecule has 0 radical (unpaired) electrons. The minimum absolute atomic E-state index is 0.0390. The number of imidazole rings is 1. The predicted octanol–water partition coefficient (Wildman–Crippen LogP) is -0.420. The van der Waals surface area contributed by atoms with Gasteiger partial charge in [-0.05, 0) is 19.3 Å². The fraction of sp³-hybridized carbons (Fsp3) is 0.733. The summed E-state index contributed by atoms with van der Waals surface area (Å²) in [5.74, 6) is 0.644. The molecule has 9 heteroatoms. The van der Waals surface area contributed by atoms with Crippen molar-refractivity contribution < 1.29 is 18.3 Å². The van der Waals surface area contributed by atoms with Gasteiger partial charge >= 0.3 is 0 Å². The number of piperidine rings is 1. The first-order valence-corrected chi connectivity index (χ1v) is 9.50. The summed E-state index contributed by atoms with van der Waals surface area (Å²) in [5, 5.41) is 10.0. The van der Waals surface area contributed by atoms with E-state index in [4.69, 9.17) is 0 Å². The van der Waals surface area contributed by atoms with Crippen molar-refractivity contribution in [1.82, 2.24) is 18.8 Å². The second-order valence-electron chi connectivity index (χ2n) is 6.98. The van der Waals surface area contributed by atoms with Gasteiger partial charge in [0.2, 0.25) is 5.91 Å². The van der Waals surface area contributed by atoms with Crippen LogP contribution in [0.5, 0.6) is 0 Å². The molecule has 0 unspecified atom stereocenters. The molecule has 134 valence electrons. The van der Waals surface area contributed by atoms with Crippen molar-refractivity contribution in [1.29, 1.82) is 0 Å². The van der Waals surface area contributed by atoms with Crippen LogP contribution in [0, 0.1) is 18.3 Å². The molecule has 1 amide bonds. The van der Waals surface area contributed by atoms with Crippen LogP contribution in [0.1, 0.15) is 19.2 Å². The zero-order valence-electron chi connectivity index (χ0n) is 14.3. The van der Waals surface area contributed by atoms with Crippen molar-refractivity contribution in [2.45, 2.75) is 25.3 Å². The van der Waals surface area contributed by atoms with E-state index in [1.165, 1.54) is 17.4 Å². The molecule has 0 spiro atoms. The number of aryl methyl sites for hydroxylation is 2. The number of likely N-dealkylation sites (tertiary alicyclic amines) is 1. The highest BCUT2D eigenvalue weighted by Crippen LogP contribution is 2.43. The van der Waals surface area contributed by atoms with Crippen molar-refractivity contribution in [3.05, 3.63) is 12.0 Å². The molecule has 2 atom stereocenters. The molecule has 1 aromatic rings. The highest BCUT2D eigenvalue weighted by molar-refractivity contribution is 7.89. The van der Waals surface area contributed by atoms with Crippen LogP contribution in [-0.2, 0) is 21.9 Å². The fourth-order valence-corrected chi connectivity index (χ4v) is 5.40. The molecular weight excluding hydrogens is 332 g/mol. The molecule has 1 N–H and O–H groups in total. The lowest BCUT2D eigenvalue weighted by atomic mass is 9.74. The zero-order chi connectivity index (χ0) is 17.7. The third-order valence-corrected chi connectivity index (χ3v) is 7.17. The first kappa shape index (κ1) is 17.4. The van der Waals surface area contributed by atoms with E-state index in [1.807, 2.05) is 0 Å². The molecule has 0 aromatic carbocycles. The molecule has 0 bridgehead atoms. The number of rotatable bonds is 3. The molecule has 3 heterocycles. The Morgan fingerprint density at radius 1 is 1.46 bits per heavy atom. The number of aliphatic hydroxyl groups excluding tert-OH is 1. The van der Waals surface area contributed by atoms with Crippen LogP contribution in [0.3, 0.4) is 0 Å². The van der Waals surface area contributed by atoms with Crippen LogP contribution in [-0.4, -0.2) is 71.0 Å². The predicted molar refractivity (Wildman–Crippen MR) is 86.6 cm³/mol. The lowest BCUT2D eigenvalue weighted by Gasteiger charge is -2.42. The molecule has 2 aliphatic rings. The second-order valence-corrected chi connectivity index (χ2v) is 8.87. The van der Waals surface area contributed by atoms with Gasteiger partial charge in [-0.15, -0.1) is 0 Å². The van der Waals surface area contributed by atoms with Gasteiger partial charge in [0.1, 0.15) is 5.82 Å². The number of hydrogen-bond acceptors (Lipinski definition) is 5. The number of fused-ring (bicyclic) bond motifs is 1. The number of carbonyl (C=O) groups excluding carboxylic acids is 1. The summed E-state index contributed by atoms with van der Waals surface area (Å²) in [5.41, 5.74) is -0.583. The Balaban J connectivity index is 1.89. The number of hydrogen-bond donors (Lipinski definition) is 1. The first-order chi connectivity index (χ1) is 11.2. The molecule has 2 fully saturated rings. The summed E-state index contributed by atoms with van der Waals surface area (Å²) in [6.45, 7) is 4.72. The number of carbonyl (C=O) groups is 1. The maximum absolute atomic E-state index is 12.9. The number of amides is 1. The fourth-order valence-electron chi connectivity index (χ4n) is 3.80. The third-order valence-electron chi connectivity index (χ3n) is 5.49. The largest absolute Gasteiger partial charge is 0.396 e. The molecule has 0 saturated carbocycles. The Bertz CT molecular complexity index is 740. The summed E-state index contributed by atoms with van der Waals surface area (Å²) in [6, 6.07) is 0. The van der Waals surface area contributed by atoms with E-state index >= 15 is 0 Å². The molecule has 1 aromatic heterocycles. The Labute approximate surface area is 142 Å². The van der Waals surface area contributed by atoms with Crippen LogP contribution in [0.4, 0.5) is 0 Å². The monoisotopic (exact) mass is 356 g/mol. The van der Waals surface area contributed by atoms with Crippen LogP contribution in [0.15, 0.2) is 11.2 Å². The molecule has 2 aliphatic heterocycles. The number of nitrogens with zero attached hydrogens (tertiary/aromatic N) is 4. The minimum atomic E-state index is -3.70. The van der Waals surface area contributed by atoms with Gasteiger partial charge in [-0.2, -0.15) is 4.31 Å². The normalized spacial score (nSPS) is 28.2. The smallest absolute Gasteiger partial charge is 0.262 e. The number of aliphatic hydroxyl groups is 1. The second kappa shape index (κ2) is 5.82. The van der Waals surface area contributed by atoms with Gasteiger partial charge < -0.3 is 14.6 Å². The van der Waals surface area contributed by atoms with Gasteiger partial charge in [-0.3, -0.25) is 4.79 Å². The van der Waals surface area contributed by atoms with Gasteiger partial charge in [-0.1, -0.05) is 0 Å². The summed E-state index contributed by atoms with van der Waals surface area (Å²) < 4.78 is 28.9. The quantitative estimate of drug-likeness (QED) is 0.794. The van der Waals surface area contributed by atoms with Gasteiger partial charge in [0.25, 0.3) is 10.0 Å². The Morgan fingerprint density at radius 3 is 2.71 bits per heavy atom. The first-order valence-electron chi connectivity index (χ1n) is 8.06. The third kappa shape index (κ3) is 2.64. The molecule has 0 aliphatic carbocycles. The van der Waals surface area contributed by atoms with E-state index in [9.17, 15) is 18.3 Å². The maximum Gasteiger partial charge on any atom is 0.262 e. The van der Waals surface area contributed by atoms with Crippen LogP contribution >= 0.6 is 0 Å². The topological polar surface area (TPSA) is 95.7 Å². The summed E-state index contributed by atoms with van der Waals surface area (Å²) in [6.07, 6.45) is 2.22. The van der Waals surface area contributed by atoms with E-state index in [1.54, 1.807) is 23.4 Å². The van der Waals surface area contributed by atoms with Crippen molar-refractivity contribution >= 4 is 15.9 Å².